The Morgan fingerprint density at radius 2 is 2.08 bits per heavy atom. The number of Topliss-reactive ketones (excluding diaryl/α,β-unsaturated/α-hetero) is 1. The van der Waals surface area contributed by atoms with E-state index in [0.717, 1.165) is 24.9 Å². The van der Waals surface area contributed by atoms with E-state index in [4.69, 9.17) is 5.73 Å². The van der Waals surface area contributed by atoms with Gasteiger partial charge in [-0.3, -0.25) is 19.2 Å². The van der Waals surface area contributed by atoms with Crippen LogP contribution >= 0.6 is 0 Å². The van der Waals surface area contributed by atoms with E-state index in [1.807, 2.05) is 30.3 Å². The summed E-state index contributed by atoms with van der Waals surface area (Å²) in [6, 6.07) is 9.07. The third kappa shape index (κ3) is 3.38. The molecule has 0 bridgehead atoms. The second kappa shape index (κ2) is 6.97. The summed E-state index contributed by atoms with van der Waals surface area (Å²) >= 11 is 0. The van der Waals surface area contributed by atoms with Crippen molar-refractivity contribution < 1.29 is 9.59 Å². The van der Waals surface area contributed by atoms with Crippen molar-refractivity contribution >= 4 is 11.7 Å². The van der Waals surface area contributed by atoms with Crippen LogP contribution in [0.2, 0.25) is 0 Å². The summed E-state index contributed by atoms with van der Waals surface area (Å²) in [6.07, 6.45) is 5.54. The van der Waals surface area contributed by atoms with E-state index >= 15 is 0 Å². The fraction of sp³-hybridized carbons (Fsp3) is 0.389. The van der Waals surface area contributed by atoms with Crippen molar-refractivity contribution in [2.45, 2.75) is 31.3 Å². The number of ketones is 1. The highest BCUT2D eigenvalue weighted by Crippen LogP contribution is 2.31. The number of nitrogens with zero attached hydrogens (tertiary/aromatic N) is 3. The lowest BCUT2D eigenvalue weighted by atomic mass is 10.00. The van der Waals surface area contributed by atoms with Gasteiger partial charge in [0.1, 0.15) is 6.04 Å². The van der Waals surface area contributed by atoms with Crippen LogP contribution in [0.1, 0.15) is 41.2 Å². The highest BCUT2D eigenvalue weighted by Gasteiger charge is 2.35. The molecule has 2 atom stereocenters. The van der Waals surface area contributed by atoms with E-state index in [9.17, 15) is 9.59 Å². The van der Waals surface area contributed by atoms with E-state index in [-0.39, 0.29) is 17.7 Å². The number of carbonyl (C=O) groups is 2. The fourth-order valence-corrected chi connectivity index (χ4v) is 3.47. The molecule has 1 saturated heterocycles. The SMILES string of the molecule is Cn1cc(C(=O)CC2CCCN2C(C(N)=O)c2ccccc2)cn1. The smallest absolute Gasteiger partial charge is 0.239 e. The molecule has 6 heteroatoms. The van der Waals surface area contributed by atoms with Crippen LogP contribution < -0.4 is 5.73 Å². The van der Waals surface area contributed by atoms with E-state index in [2.05, 4.69) is 10.00 Å². The first-order valence-electron chi connectivity index (χ1n) is 8.18. The maximum Gasteiger partial charge on any atom is 0.239 e. The number of carbonyl (C=O) groups excluding carboxylic acids is 2. The van der Waals surface area contributed by atoms with Crippen LogP contribution in [0.15, 0.2) is 42.7 Å². The number of aromatic nitrogens is 2. The Bertz CT molecular complexity index is 726. The molecule has 6 nitrogen and oxygen atoms in total. The summed E-state index contributed by atoms with van der Waals surface area (Å²) < 4.78 is 1.62. The Morgan fingerprint density at radius 1 is 1.33 bits per heavy atom. The zero-order valence-corrected chi connectivity index (χ0v) is 13.8. The molecular weight excluding hydrogens is 304 g/mol. The summed E-state index contributed by atoms with van der Waals surface area (Å²) in [7, 11) is 1.79. The van der Waals surface area contributed by atoms with Crippen LogP contribution in [0, 0.1) is 0 Å². The first-order chi connectivity index (χ1) is 11.6. The highest BCUT2D eigenvalue weighted by molar-refractivity contribution is 5.96. The Kier molecular flexibility index (Phi) is 4.76. The summed E-state index contributed by atoms with van der Waals surface area (Å²) in [6.45, 7) is 0.771. The second-order valence-electron chi connectivity index (χ2n) is 6.28. The molecule has 0 radical (unpaired) electrons. The van der Waals surface area contributed by atoms with Crippen LogP contribution in [0.25, 0.3) is 0 Å². The maximum absolute atomic E-state index is 12.5. The van der Waals surface area contributed by atoms with Gasteiger partial charge in [-0.05, 0) is 24.9 Å². The minimum Gasteiger partial charge on any atom is -0.368 e. The van der Waals surface area contributed by atoms with Gasteiger partial charge < -0.3 is 5.73 Å². The first kappa shape index (κ1) is 16.4. The van der Waals surface area contributed by atoms with Crippen molar-refractivity contribution in [3.8, 4) is 0 Å². The number of hydrogen-bond acceptors (Lipinski definition) is 4. The number of likely N-dealkylation sites (tertiary alicyclic amines) is 1. The van der Waals surface area contributed by atoms with Crippen molar-refractivity contribution in [3.05, 3.63) is 53.9 Å². The molecule has 1 aromatic heterocycles. The minimum atomic E-state index is -0.486. The molecule has 0 spiro atoms. The van der Waals surface area contributed by atoms with E-state index in [1.165, 1.54) is 0 Å². The molecular formula is C18H22N4O2. The van der Waals surface area contributed by atoms with Crippen molar-refractivity contribution in [2.75, 3.05) is 6.54 Å². The summed E-state index contributed by atoms with van der Waals surface area (Å²) in [5.74, 6) is -0.321. The van der Waals surface area contributed by atoms with Crippen LogP contribution in [0.3, 0.4) is 0 Å². The molecule has 1 amide bonds. The molecule has 2 aromatic rings. The third-order valence-corrected chi connectivity index (χ3v) is 4.59. The Hall–Kier alpha value is -2.47. The van der Waals surface area contributed by atoms with Crippen LogP contribution in [0.4, 0.5) is 0 Å². The van der Waals surface area contributed by atoms with Gasteiger partial charge in [0.2, 0.25) is 5.91 Å². The average molecular weight is 326 g/mol. The van der Waals surface area contributed by atoms with Crippen molar-refractivity contribution in [1.29, 1.82) is 0 Å². The van der Waals surface area contributed by atoms with Gasteiger partial charge in [0, 0.05) is 25.7 Å². The molecule has 0 saturated carbocycles. The first-order valence-corrected chi connectivity index (χ1v) is 8.18. The van der Waals surface area contributed by atoms with Crippen LogP contribution in [-0.4, -0.2) is 39.0 Å². The summed E-state index contributed by atoms with van der Waals surface area (Å²) in [5.41, 5.74) is 7.17. The van der Waals surface area contributed by atoms with Gasteiger partial charge in [0.15, 0.2) is 5.78 Å². The number of primary amides is 1. The van der Waals surface area contributed by atoms with Gasteiger partial charge in [-0.15, -0.1) is 0 Å². The largest absolute Gasteiger partial charge is 0.368 e. The molecule has 2 heterocycles. The average Bonchev–Trinajstić information content (AvgIpc) is 3.18. The summed E-state index contributed by atoms with van der Waals surface area (Å²) in [4.78, 5) is 26.6. The predicted octanol–water partition coefficient (Wildman–Crippen LogP) is 1.68. The molecule has 2 N–H and O–H groups in total. The summed E-state index contributed by atoms with van der Waals surface area (Å²) in [5, 5.41) is 4.05. The number of amides is 1. The monoisotopic (exact) mass is 326 g/mol. The molecule has 2 unspecified atom stereocenters. The lowest BCUT2D eigenvalue weighted by molar-refractivity contribution is -0.123. The molecule has 1 aliphatic rings. The molecule has 0 aliphatic carbocycles. The van der Waals surface area contributed by atoms with E-state index < -0.39 is 6.04 Å². The molecule has 24 heavy (non-hydrogen) atoms. The Labute approximate surface area is 141 Å². The predicted molar refractivity (Wildman–Crippen MR) is 90.3 cm³/mol. The van der Waals surface area contributed by atoms with Gasteiger partial charge in [0.25, 0.3) is 0 Å². The zero-order chi connectivity index (χ0) is 17.1. The minimum absolute atomic E-state index is 0.0235. The van der Waals surface area contributed by atoms with E-state index in [0.29, 0.717) is 12.0 Å². The van der Waals surface area contributed by atoms with Crippen LogP contribution in [0.5, 0.6) is 0 Å². The Morgan fingerprint density at radius 3 is 2.71 bits per heavy atom. The van der Waals surface area contributed by atoms with Gasteiger partial charge >= 0.3 is 0 Å². The van der Waals surface area contributed by atoms with Crippen molar-refractivity contribution in [1.82, 2.24) is 14.7 Å². The standard InChI is InChI=1S/C18H22N4O2/c1-21-12-14(11-20-21)16(23)10-15-8-5-9-22(15)17(18(19)24)13-6-3-2-4-7-13/h2-4,6-7,11-12,15,17H,5,8-10H2,1H3,(H2,19,24). The number of nitrogens with two attached hydrogens (primary N) is 1. The quantitative estimate of drug-likeness (QED) is 0.819. The number of rotatable bonds is 6. The van der Waals surface area contributed by atoms with Crippen molar-refractivity contribution in [2.24, 2.45) is 12.8 Å². The molecule has 1 aromatic carbocycles. The normalized spacial score (nSPS) is 19.3. The molecule has 126 valence electrons. The second-order valence-corrected chi connectivity index (χ2v) is 6.28. The van der Waals surface area contributed by atoms with E-state index in [1.54, 1.807) is 24.1 Å². The molecule has 1 aliphatic heterocycles. The van der Waals surface area contributed by atoms with Crippen molar-refractivity contribution in [3.63, 3.8) is 0 Å². The number of hydrogen-bond donors (Lipinski definition) is 1. The van der Waals surface area contributed by atoms with Gasteiger partial charge in [-0.2, -0.15) is 5.10 Å². The highest BCUT2D eigenvalue weighted by atomic mass is 16.1. The number of aryl methyl sites for hydroxylation is 1. The van der Waals surface area contributed by atoms with Gasteiger partial charge in [0.05, 0.1) is 11.8 Å². The zero-order valence-electron chi connectivity index (χ0n) is 13.8. The molecule has 1 fully saturated rings. The maximum atomic E-state index is 12.5. The lowest BCUT2D eigenvalue weighted by Crippen LogP contribution is -2.41. The molecule has 3 rings (SSSR count). The lowest BCUT2D eigenvalue weighted by Gasteiger charge is -2.31. The number of benzene rings is 1. The Balaban J connectivity index is 1.78. The fourth-order valence-electron chi connectivity index (χ4n) is 3.47. The van der Waals surface area contributed by atoms with Crippen LogP contribution in [-0.2, 0) is 11.8 Å². The van der Waals surface area contributed by atoms with Gasteiger partial charge in [-0.1, -0.05) is 30.3 Å². The third-order valence-electron chi connectivity index (χ3n) is 4.59. The topological polar surface area (TPSA) is 81.2 Å². The van der Waals surface area contributed by atoms with Gasteiger partial charge in [-0.25, -0.2) is 0 Å².